The highest BCUT2D eigenvalue weighted by molar-refractivity contribution is 7.80. The number of nitrogens with zero attached hydrogens (tertiary/aromatic N) is 1. The van der Waals surface area contributed by atoms with Gasteiger partial charge in [0, 0.05) is 11.3 Å². The molecule has 0 radical (unpaired) electrons. The number of anilines is 1. The quantitative estimate of drug-likeness (QED) is 0.837. The van der Waals surface area contributed by atoms with Crippen LogP contribution in [0.2, 0.25) is 0 Å². The highest BCUT2D eigenvalue weighted by Gasteiger charge is 2.08. The van der Waals surface area contributed by atoms with Crippen molar-refractivity contribution in [1.29, 1.82) is 5.26 Å². The molecule has 21 heavy (non-hydrogen) atoms. The standard InChI is InChI=1S/C15H10FN3OS/c16-12-6-4-11(5-7-12)14(20)19-15(21)18-13-3-1-2-10(8-13)9-17/h1-8H,(H2,18,19,20,21). The number of rotatable bonds is 2. The van der Waals surface area contributed by atoms with Gasteiger partial charge in [-0.3, -0.25) is 10.1 Å². The highest BCUT2D eigenvalue weighted by atomic mass is 32.1. The monoisotopic (exact) mass is 299 g/mol. The summed E-state index contributed by atoms with van der Waals surface area (Å²) < 4.78 is 12.8. The van der Waals surface area contributed by atoms with Crippen LogP contribution in [0.5, 0.6) is 0 Å². The van der Waals surface area contributed by atoms with E-state index in [0.29, 0.717) is 16.8 Å². The van der Waals surface area contributed by atoms with Crippen molar-refractivity contribution in [3.8, 4) is 6.07 Å². The molecule has 2 aromatic carbocycles. The minimum Gasteiger partial charge on any atom is -0.332 e. The summed E-state index contributed by atoms with van der Waals surface area (Å²) >= 11 is 5.02. The van der Waals surface area contributed by atoms with E-state index in [1.165, 1.54) is 24.3 Å². The number of carbonyl (C=O) groups excluding carboxylic acids is 1. The molecule has 0 aliphatic rings. The van der Waals surface area contributed by atoms with Gasteiger partial charge >= 0.3 is 0 Å². The molecule has 4 nitrogen and oxygen atoms in total. The number of benzene rings is 2. The van der Waals surface area contributed by atoms with Crippen LogP contribution in [0.15, 0.2) is 48.5 Å². The first kappa shape index (κ1) is 14.6. The summed E-state index contributed by atoms with van der Waals surface area (Å²) in [5.41, 5.74) is 1.37. The van der Waals surface area contributed by atoms with Crippen LogP contribution in [0.4, 0.5) is 10.1 Å². The SMILES string of the molecule is N#Cc1cccc(NC(=S)NC(=O)c2ccc(F)cc2)c1. The van der Waals surface area contributed by atoms with Crippen LogP contribution in [0, 0.1) is 17.1 Å². The van der Waals surface area contributed by atoms with Gasteiger partial charge in [-0.15, -0.1) is 0 Å². The van der Waals surface area contributed by atoms with Crippen molar-refractivity contribution in [3.63, 3.8) is 0 Å². The molecule has 0 heterocycles. The second-order valence-corrected chi connectivity index (χ2v) is 4.52. The maximum Gasteiger partial charge on any atom is 0.257 e. The zero-order valence-electron chi connectivity index (χ0n) is 10.8. The molecular formula is C15H10FN3OS. The summed E-state index contributed by atoms with van der Waals surface area (Å²) in [5, 5.41) is 14.2. The van der Waals surface area contributed by atoms with E-state index in [0.717, 1.165) is 0 Å². The molecule has 2 N–H and O–H groups in total. The fourth-order valence-electron chi connectivity index (χ4n) is 1.61. The van der Waals surface area contributed by atoms with Gasteiger partial charge in [0.2, 0.25) is 0 Å². The van der Waals surface area contributed by atoms with Gasteiger partial charge in [0.15, 0.2) is 5.11 Å². The molecule has 0 fully saturated rings. The molecule has 0 saturated heterocycles. The Hall–Kier alpha value is -2.78. The van der Waals surface area contributed by atoms with E-state index in [-0.39, 0.29) is 5.11 Å². The first-order valence-electron chi connectivity index (χ1n) is 5.96. The number of carbonyl (C=O) groups is 1. The van der Waals surface area contributed by atoms with Gasteiger partial charge in [-0.1, -0.05) is 6.07 Å². The Morgan fingerprint density at radius 2 is 1.90 bits per heavy atom. The molecule has 2 rings (SSSR count). The fraction of sp³-hybridized carbons (Fsp3) is 0. The Kier molecular flexibility index (Phi) is 4.59. The molecule has 0 aliphatic heterocycles. The number of hydrogen-bond acceptors (Lipinski definition) is 3. The van der Waals surface area contributed by atoms with Crippen LogP contribution in [-0.2, 0) is 0 Å². The third-order valence-electron chi connectivity index (χ3n) is 2.58. The fourth-order valence-corrected chi connectivity index (χ4v) is 1.82. The Morgan fingerprint density at radius 3 is 2.57 bits per heavy atom. The van der Waals surface area contributed by atoms with Crippen LogP contribution < -0.4 is 10.6 Å². The van der Waals surface area contributed by atoms with Crippen LogP contribution in [0.25, 0.3) is 0 Å². The van der Waals surface area contributed by atoms with E-state index in [1.54, 1.807) is 24.3 Å². The molecule has 0 unspecified atom stereocenters. The molecule has 0 atom stereocenters. The Morgan fingerprint density at radius 1 is 1.19 bits per heavy atom. The molecule has 2 aromatic rings. The van der Waals surface area contributed by atoms with E-state index in [9.17, 15) is 9.18 Å². The van der Waals surface area contributed by atoms with Crippen molar-refractivity contribution >= 4 is 28.9 Å². The number of nitrogens with one attached hydrogen (secondary N) is 2. The zero-order chi connectivity index (χ0) is 15.2. The lowest BCUT2D eigenvalue weighted by atomic mass is 10.2. The molecule has 0 bridgehead atoms. The molecule has 0 spiro atoms. The maximum absolute atomic E-state index is 12.8. The van der Waals surface area contributed by atoms with Crippen LogP contribution in [0.1, 0.15) is 15.9 Å². The summed E-state index contributed by atoms with van der Waals surface area (Å²) in [7, 11) is 0. The second kappa shape index (κ2) is 6.59. The molecule has 6 heteroatoms. The van der Waals surface area contributed by atoms with E-state index in [2.05, 4.69) is 10.6 Å². The summed E-state index contributed by atoms with van der Waals surface area (Å²) in [5.74, 6) is -0.857. The second-order valence-electron chi connectivity index (χ2n) is 4.11. The third-order valence-corrected chi connectivity index (χ3v) is 2.79. The Labute approximate surface area is 126 Å². The normalized spacial score (nSPS) is 9.52. The number of amides is 1. The largest absolute Gasteiger partial charge is 0.332 e. The number of thiocarbonyl (C=S) groups is 1. The molecule has 104 valence electrons. The van der Waals surface area contributed by atoms with Crippen molar-refractivity contribution in [3.05, 3.63) is 65.5 Å². The predicted molar refractivity (Wildman–Crippen MR) is 81.2 cm³/mol. The lowest BCUT2D eigenvalue weighted by Gasteiger charge is -2.09. The molecule has 0 aliphatic carbocycles. The van der Waals surface area contributed by atoms with Crippen LogP contribution >= 0.6 is 12.2 Å². The number of nitriles is 1. The molecule has 0 aromatic heterocycles. The summed E-state index contributed by atoms with van der Waals surface area (Å²) in [6, 6.07) is 13.8. The number of hydrogen-bond donors (Lipinski definition) is 2. The van der Waals surface area contributed by atoms with Crippen LogP contribution in [0.3, 0.4) is 0 Å². The van der Waals surface area contributed by atoms with Crippen molar-refractivity contribution in [2.45, 2.75) is 0 Å². The number of halogens is 1. The molecule has 0 saturated carbocycles. The third kappa shape index (κ3) is 4.09. The summed E-state index contributed by atoms with van der Waals surface area (Å²) in [6.45, 7) is 0. The van der Waals surface area contributed by atoms with Gasteiger partial charge in [0.05, 0.1) is 11.6 Å². The first-order valence-corrected chi connectivity index (χ1v) is 6.37. The van der Waals surface area contributed by atoms with Crippen molar-refractivity contribution in [2.75, 3.05) is 5.32 Å². The summed E-state index contributed by atoms with van der Waals surface area (Å²) in [6.07, 6.45) is 0. The Balaban J connectivity index is 1.99. The van der Waals surface area contributed by atoms with E-state index < -0.39 is 11.7 Å². The van der Waals surface area contributed by atoms with E-state index in [1.807, 2.05) is 6.07 Å². The van der Waals surface area contributed by atoms with Crippen molar-refractivity contribution in [1.82, 2.24) is 5.32 Å². The smallest absolute Gasteiger partial charge is 0.257 e. The minimum atomic E-state index is -0.441. The summed E-state index contributed by atoms with van der Waals surface area (Å²) in [4.78, 5) is 11.9. The predicted octanol–water partition coefficient (Wildman–Crippen LogP) is 2.82. The average molecular weight is 299 g/mol. The molecular weight excluding hydrogens is 289 g/mol. The van der Waals surface area contributed by atoms with Crippen molar-refractivity contribution < 1.29 is 9.18 Å². The van der Waals surface area contributed by atoms with Gasteiger partial charge in [-0.2, -0.15) is 5.26 Å². The topological polar surface area (TPSA) is 64.9 Å². The van der Waals surface area contributed by atoms with Gasteiger partial charge in [-0.25, -0.2) is 4.39 Å². The zero-order valence-corrected chi connectivity index (χ0v) is 11.6. The first-order chi connectivity index (χ1) is 10.1. The lowest BCUT2D eigenvalue weighted by molar-refractivity contribution is 0.0977. The Bertz CT molecular complexity index is 722. The van der Waals surface area contributed by atoms with Crippen molar-refractivity contribution in [2.24, 2.45) is 0 Å². The highest BCUT2D eigenvalue weighted by Crippen LogP contribution is 2.09. The van der Waals surface area contributed by atoms with E-state index in [4.69, 9.17) is 17.5 Å². The van der Waals surface area contributed by atoms with E-state index >= 15 is 0 Å². The lowest BCUT2D eigenvalue weighted by Crippen LogP contribution is -2.34. The molecule has 1 amide bonds. The average Bonchev–Trinajstić information content (AvgIpc) is 2.47. The van der Waals surface area contributed by atoms with Gasteiger partial charge in [0.1, 0.15) is 5.82 Å². The maximum atomic E-state index is 12.8. The van der Waals surface area contributed by atoms with Gasteiger partial charge < -0.3 is 5.32 Å². The van der Waals surface area contributed by atoms with Gasteiger partial charge in [0.25, 0.3) is 5.91 Å². The van der Waals surface area contributed by atoms with Crippen LogP contribution in [-0.4, -0.2) is 11.0 Å². The van der Waals surface area contributed by atoms with Gasteiger partial charge in [-0.05, 0) is 54.7 Å². The minimum absolute atomic E-state index is 0.0967.